The summed E-state index contributed by atoms with van der Waals surface area (Å²) in [5.74, 6) is 1.52. The topological polar surface area (TPSA) is 72.9 Å². The molecular formula is C23H31FN6O. The van der Waals surface area contributed by atoms with Crippen molar-refractivity contribution in [3.8, 4) is 0 Å². The number of aliphatic imine (C=N–C) groups is 1. The molecule has 8 heteroatoms. The van der Waals surface area contributed by atoms with Crippen LogP contribution in [0, 0.1) is 5.82 Å². The number of halogens is 1. The van der Waals surface area contributed by atoms with Crippen molar-refractivity contribution in [3.63, 3.8) is 0 Å². The number of hydrogen-bond acceptors (Lipinski definition) is 4. The average Bonchev–Trinajstić information content (AvgIpc) is 2.81. The minimum atomic E-state index is -0.194. The number of aromatic nitrogens is 1. The van der Waals surface area contributed by atoms with E-state index in [4.69, 9.17) is 0 Å². The van der Waals surface area contributed by atoms with Crippen LogP contribution in [0.25, 0.3) is 0 Å². The van der Waals surface area contributed by atoms with Crippen LogP contribution in [-0.4, -0.2) is 67.6 Å². The quantitative estimate of drug-likeness (QED) is 0.499. The molecule has 1 aliphatic rings. The van der Waals surface area contributed by atoms with E-state index < -0.39 is 0 Å². The van der Waals surface area contributed by atoms with Crippen LogP contribution in [0.3, 0.4) is 0 Å². The Bertz CT molecular complexity index is 852. The fourth-order valence-corrected chi connectivity index (χ4v) is 3.51. The predicted molar refractivity (Wildman–Crippen MR) is 122 cm³/mol. The summed E-state index contributed by atoms with van der Waals surface area (Å²) in [6.07, 6.45) is 2.72. The van der Waals surface area contributed by atoms with Gasteiger partial charge < -0.3 is 20.4 Å². The van der Waals surface area contributed by atoms with E-state index in [0.29, 0.717) is 50.5 Å². The van der Waals surface area contributed by atoms with Crippen molar-refractivity contribution in [1.29, 1.82) is 0 Å². The summed E-state index contributed by atoms with van der Waals surface area (Å²) in [6, 6.07) is 12.6. The molecule has 1 fully saturated rings. The van der Waals surface area contributed by atoms with Crippen molar-refractivity contribution in [2.45, 2.75) is 19.8 Å². The van der Waals surface area contributed by atoms with Gasteiger partial charge in [-0.15, -0.1) is 0 Å². The first-order chi connectivity index (χ1) is 15.2. The zero-order chi connectivity index (χ0) is 21.9. The monoisotopic (exact) mass is 426 g/mol. The fourth-order valence-electron chi connectivity index (χ4n) is 3.51. The molecule has 0 atom stereocenters. The lowest BCUT2D eigenvalue weighted by Gasteiger charge is -2.35. The van der Waals surface area contributed by atoms with Crippen LogP contribution < -0.4 is 15.5 Å². The Morgan fingerprint density at radius 1 is 1.10 bits per heavy atom. The third-order valence-electron chi connectivity index (χ3n) is 5.19. The second-order valence-corrected chi connectivity index (χ2v) is 7.33. The van der Waals surface area contributed by atoms with Crippen molar-refractivity contribution in [3.05, 3.63) is 60.0 Å². The summed E-state index contributed by atoms with van der Waals surface area (Å²) in [5.41, 5.74) is 0.672. The molecule has 2 aromatic rings. The summed E-state index contributed by atoms with van der Waals surface area (Å²) in [5, 5.41) is 6.37. The van der Waals surface area contributed by atoms with Crippen molar-refractivity contribution in [2.75, 3.05) is 50.7 Å². The van der Waals surface area contributed by atoms with E-state index in [-0.39, 0.29) is 11.7 Å². The molecule has 3 rings (SSSR count). The number of carbonyl (C=O) groups is 1. The minimum Gasteiger partial charge on any atom is -0.357 e. The molecule has 166 valence electrons. The smallest absolute Gasteiger partial charge is 0.224 e. The van der Waals surface area contributed by atoms with Crippen molar-refractivity contribution in [1.82, 2.24) is 20.5 Å². The number of anilines is 1. The summed E-state index contributed by atoms with van der Waals surface area (Å²) in [6.45, 7) is 6.64. The molecule has 0 unspecified atom stereocenters. The summed E-state index contributed by atoms with van der Waals surface area (Å²) < 4.78 is 13.7. The van der Waals surface area contributed by atoms with Gasteiger partial charge in [0.15, 0.2) is 5.96 Å². The van der Waals surface area contributed by atoms with Crippen LogP contribution in [-0.2, 0) is 11.2 Å². The predicted octanol–water partition coefficient (Wildman–Crippen LogP) is 2.06. The zero-order valence-electron chi connectivity index (χ0n) is 18.1. The number of pyridine rings is 1. The van der Waals surface area contributed by atoms with Gasteiger partial charge in [-0.05, 0) is 37.1 Å². The van der Waals surface area contributed by atoms with E-state index in [1.807, 2.05) is 36.1 Å². The highest BCUT2D eigenvalue weighted by atomic mass is 19.1. The van der Waals surface area contributed by atoms with Gasteiger partial charge in [-0.3, -0.25) is 9.79 Å². The Balaban J connectivity index is 1.41. The van der Waals surface area contributed by atoms with Crippen LogP contribution in [0.15, 0.2) is 53.7 Å². The van der Waals surface area contributed by atoms with Gasteiger partial charge >= 0.3 is 0 Å². The lowest BCUT2D eigenvalue weighted by molar-refractivity contribution is -0.131. The van der Waals surface area contributed by atoms with E-state index in [1.165, 1.54) is 6.07 Å². The third-order valence-corrected chi connectivity index (χ3v) is 5.19. The van der Waals surface area contributed by atoms with E-state index in [9.17, 15) is 9.18 Å². The zero-order valence-corrected chi connectivity index (χ0v) is 18.1. The van der Waals surface area contributed by atoms with Gasteiger partial charge in [0.05, 0.1) is 6.54 Å². The molecule has 0 radical (unpaired) electrons. The number of rotatable bonds is 8. The summed E-state index contributed by atoms with van der Waals surface area (Å²) in [4.78, 5) is 25.5. The second-order valence-electron chi connectivity index (χ2n) is 7.33. The molecule has 2 heterocycles. The Labute approximate surface area is 183 Å². The number of amides is 1. The highest BCUT2D eigenvalue weighted by molar-refractivity contribution is 5.81. The van der Waals surface area contributed by atoms with E-state index in [2.05, 4.69) is 25.5 Å². The number of guanidine groups is 1. The molecule has 0 bridgehead atoms. The normalized spacial score (nSPS) is 14.5. The molecular weight excluding hydrogens is 395 g/mol. The maximum Gasteiger partial charge on any atom is 0.224 e. The van der Waals surface area contributed by atoms with Gasteiger partial charge in [0.2, 0.25) is 5.91 Å². The largest absolute Gasteiger partial charge is 0.357 e. The van der Waals surface area contributed by atoms with E-state index in [1.54, 1.807) is 18.3 Å². The Morgan fingerprint density at radius 3 is 2.58 bits per heavy atom. The number of piperazine rings is 1. The molecule has 1 saturated heterocycles. The summed E-state index contributed by atoms with van der Waals surface area (Å²) >= 11 is 0. The Kier molecular flexibility index (Phi) is 8.63. The molecule has 1 aromatic heterocycles. The van der Waals surface area contributed by atoms with Crippen LogP contribution >= 0.6 is 0 Å². The first-order valence-electron chi connectivity index (χ1n) is 10.9. The van der Waals surface area contributed by atoms with Gasteiger partial charge in [-0.1, -0.05) is 24.3 Å². The van der Waals surface area contributed by atoms with Gasteiger partial charge in [0.1, 0.15) is 11.6 Å². The molecule has 2 N–H and O–H groups in total. The van der Waals surface area contributed by atoms with E-state index in [0.717, 1.165) is 25.5 Å². The molecule has 0 aliphatic carbocycles. The molecule has 1 amide bonds. The van der Waals surface area contributed by atoms with Gasteiger partial charge in [-0.2, -0.15) is 0 Å². The lowest BCUT2D eigenvalue weighted by atomic mass is 10.1. The number of nitrogens with one attached hydrogen (secondary N) is 2. The first kappa shape index (κ1) is 22.5. The molecule has 31 heavy (non-hydrogen) atoms. The highest BCUT2D eigenvalue weighted by Crippen LogP contribution is 2.13. The van der Waals surface area contributed by atoms with Gasteiger partial charge in [-0.25, -0.2) is 9.37 Å². The standard InChI is InChI=1S/C23H31FN6O/c1-2-25-23(27-13-10-19-7-3-4-8-20(19)24)28-14-11-22(31)30-17-15-29(16-18-30)21-9-5-6-12-26-21/h3-9,12H,2,10-11,13-18H2,1H3,(H2,25,27,28). The fraction of sp³-hybridized carbons (Fsp3) is 0.435. The third kappa shape index (κ3) is 6.94. The maximum absolute atomic E-state index is 13.7. The van der Waals surface area contributed by atoms with Gasteiger partial charge in [0, 0.05) is 51.9 Å². The summed E-state index contributed by atoms with van der Waals surface area (Å²) in [7, 11) is 0. The van der Waals surface area contributed by atoms with Crippen LogP contribution in [0.2, 0.25) is 0 Å². The Hall–Kier alpha value is -3.16. The maximum atomic E-state index is 13.7. The lowest BCUT2D eigenvalue weighted by Crippen LogP contribution is -2.49. The number of hydrogen-bond donors (Lipinski definition) is 2. The van der Waals surface area contributed by atoms with Gasteiger partial charge in [0.25, 0.3) is 0 Å². The number of carbonyl (C=O) groups excluding carboxylic acids is 1. The van der Waals surface area contributed by atoms with Crippen LogP contribution in [0.5, 0.6) is 0 Å². The van der Waals surface area contributed by atoms with E-state index >= 15 is 0 Å². The molecule has 0 spiro atoms. The van der Waals surface area contributed by atoms with Crippen LogP contribution in [0.1, 0.15) is 18.9 Å². The van der Waals surface area contributed by atoms with Crippen molar-refractivity contribution >= 4 is 17.7 Å². The minimum absolute atomic E-state index is 0.117. The SMILES string of the molecule is CCNC(=NCCC(=O)N1CCN(c2ccccn2)CC1)NCCc1ccccc1F. The molecule has 1 aromatic carbocycles. The second kappa shape index (κ2) is 11.9. The highest BCUT2D eigenvalue weighted by Gasteiger charge is 2.21. The number of benzene rings is 1. The van der Waals surface area contributed by atoms with Crippen LogP contribution in [0.4, 0.5) is 10.2 Å². The molecule has 1 aliphatic heterocycles. The van der Waals surface area contributed by atoms with Crippen molar-refractivity contribution < 1.29 is 9.18 Å². The Morgan fingerprint density at radius 2 is 1.87 bits per heavy atom. The molecule has 7 nitrogen and oxygen atoms in total. The molecule has 0 saturated carbocycles. The number of nitrogens with zero attached hydrogens (tertiary/aromatic N) is 4. The van der Waals surface area contributed by atoms with Crippen molar-refractivity contribution in [2.24, 2.45) is 4.99 Å². The first-order valence-corrected chi connectivity index (χ1v) is 10.9. The average molecular weight is 427 g/mol.